The maximum Gasteiger partial charge on any atom is 0.227 e. The molecule has 0 aliphatic heterocycles. The molecule has 21 heavy (non-hydrogen) atoms. The van der Waals surface area contributed by atoms with Crippen molar-refractivity contribution in [2.45, 2.75) is 39.3 Å². The minimum atomic E-state index is -0.215. The van der Waals surface area contributed by atoms with Crippen LogP contribution in [0.3, 0.4) is 0 Å². The average Bonchev–Trinajstić information content (AvgIpc) is 2.45. The summed E-state index contributed by atoms with van der Waals surface area (Å²) in [4.78, 5) is 11.8. The molecule has 0 spiro atoms. The Labute approximate surface area is 124 Å². The summed E-state index contributed by atoms with van der Waals surface area (Å²) in [5.74, 6) is 0.647. The summed E-state index contributed by atoms with van der Waals surface area (Å²) < 4.78 is 10.7. The maximum atomic E-state index is 11.8. The van der Waals surface area contributed by atoms with E-state index in [2.05, 4.69) is 32.9 Å². The number of ether oxygens (including phenoxy) is 1. The van der Waals surface area contributed by atoms with Crippen molar-refractivity contribution < 1.29 is 9.15 Å². The maximum absolute atomic E-state index is 11.8. The largest absolute Gasteiger partial charge is 0.482 e. The van der Waals surface area contributed by atoms with Crippen LogP contribution in [0, 0.1) is 0 Å². The van der Waals surface area contributed by atoms with E-state index in [0.717, 1.165) is 5.56 Å². The Balaban J connectivity index is 2.05. The first kappa shape index (κ1) is 15.3. The van der Waals surface area contributed by atoms with Gasteiger partial charge in [-0.1, -0.05) is 45.0 Å². The summed E-state index contributed by atoms with van der Waals surface area (Å²) in [7, 11) is 0. The zero-order valence-electron chi connectivity index (χ0n) is 12.7. The van der Waals surface area contributed by atoms with Crippen molar-refractivity contribution in [1.29, 1.82) is 0 Å². The monoisotopic (exact) mass is 287 g/mol. The van der Waals surface area contributed by atoms with Gasteiger partial charge in [-0.15, -0.1) is 0 Å². The van der Waals surface area contributed by atoms with Gasteiger partial charge in [-0.3, -0.25) is 4.79 Å². The molecule has 0 amide bonds. The molecular formula is C17H21NO3. The molecule has 0 atom stereocenters. The van der Waals surface area contributed by atoms with Gasteiger partial charge in [0.05, 0.1) is 6.54 Å². The minimum Gasteiger partial charge on any atom is -0.482 e. The fraction of sp³-hybridized carbons (Fsp3) is 0.353. The third-order valence-corrected chi connectivity index (χ3v) is 3.27. The van der Waals surface area contributed by atoms with Crippen LogP contribution in [0.25, 0.3) is 0 Å². The summed E-state index contributed by atoms with van der Waals surface area (Å²) in [6.45, 7) is 7.04. The highest BCUT2D eigenvalue weighted by molar-refractivity contribution is 5.27. The van der Waals surface area contributed by atoms with Crippen molar-refractivity contribution >= 4 is 0 Å². The van der Waals surface area contributed by atoms with Crippen LogP contribution in [0.15, 0.2) is 45.8 Å². The summed E-state index contributed by atoms with van der Waals surface area (Å²) in [6.07, 6.45) is 1.31. The number of benzene rings is 1. The zero-order chi connectivity index (χ0) is 15.5. The molecule has 112 valence electrons. The minimum absolute atomic E-state index is 0.124. The third-order valence-electron chi connectivity index (χ3n) is 3.27. The van der Waals surface area contributed by atoms with Crippen molar-refractivity contribution in [1.82, 2.24) is 0 Å². The van der Waals surface area contributed by atoms with Crippen LogP contribution < -0.4 is 15.9 Å². The van der Waals surface area contributed by atoms with Crippen LogP contribution in [0.4, 0.5) is 0 Å². The van der Waals surface area contributed by atoms with Gasteiger partial charge in [0.1, 0.15) is 18.6 Å². The van der Waals surface area contributed by atoms with E-state index in [4.69, 9.17) is 14.9 Å². The van der Waals surface area contributed by atoms with Crippen LogP contribution in [-0.2, 0) is 18.6 Å². The highest BCUT2D eigenvalue weighted by Gasteiger charge is 2.13. The lowest BCUT2D eigenvalue weighted by atomic mass is 9.87. The second-order valence-electron chi connectivity index (χ2n) is 6.01. The summed E-state index contributed by atoms with van der Waals surface area (Å²) in [6, 6.07) is 9.54. The number of hydrogen-bond donors (Lipinski definition) is 1. The van der Waals surface area contributed by atoms with Crippen molar-refractivity contribution in [3.05, 3.63) is 63.7 Å². The van der Waals surface area contributed by atoms with Crippen LogP contribution in [0.2, 0.25) is 0 Å². The van der Waals surface area contributed by atoms with Gasteiger partial charge in [0.2, 0.25) is 11.2 Å². The van der Waals surface area contributed by atoms with Crippen molar-refractivity contribution in [3.63, 3.8) is 0 Å². The molecule has 2 rings (SSSR count). The first-order valence-corrected chi connectivity index (χ1v) is 6.94. The van der Waals surface area contributed by atoms with E-state index in [-0.39, 0.29) is 23.1 Å². The molecular weight excluding hydrogens is 266 g/mol. The summed E-state index contributed by atoms with van der Waals surface area (Å²) in [5, 5.41) is 0. The Hall–Kier alpha value is -2.07. The van der Waals surface area contributed by atoms with Crippen molar-refractivity contribution in [2.24, 2.45) is 5.73 Å². The van der Waals surface area contributed by atoms with Gasteiger partial charge in [0, 0.05) is 6.07 Å². The molecule has 0 unspecified atom stereocenters. The Morgan fingerprint density at radius 2 is 1.86 bits per heavy atom. The number of hydrogen-bond acceptors (Lipinski definition) is 4. The summed E-state index contributed by atoms with van der Waals surface area (Å²) >= 11 is 0. The lowest BCUT2D eigenvalue weighted by molar-refractivity contribution is 0.289. The first-order chi connectivity index (χ1) is 9.90. The van der Waals surface area contributed by atoms with Gasteiger partial charge in [-0.25, -0.2) is 0 Å². The van der Waals surface area contributed by atoms with Crippen molar-refractivity contribution in [2.75, 3.05) is 0 Å². The van der Waals surface area contributed by atoms with Crippen LogP contribution in [-0.4, -0.2) is 0 Å². The quantitative estimate of drug-likeness (QED) is 0.939. The first-order valence-electron chi connectivity index (χ1n) is 6.94. The van der Waals surface area contributed by atoms with Gasteiger partial charge >= 0.3 is 0 Å². The lowest BCUT2D eigenvalue weighted by Crippen LogP contribution is -2.11. The fourth-order valence-electron chi connectivity index (χ4n) is 1.91. The Bertz CT molecular complexity index is 651. The molecule has 0 aliphatic rings. The van der Waals surface area contributed by atoms with Gasteiger partial charge in [-0.05, 0) is 16.5 Å². The molecule has 1 heterocycles. The Morgan fingerprint density at radius 1 is 1.19 bits per heavy atom. The fourth-order valence-corrected chi connectivity index (χ4v) is 1.91. The average molecular weight is 287 g/mol. The van der Waals surface area contributed by atoms with E-state index >= 15 is 0 Å². The second kappa shape index (κ2) is 6.14. The lowest BCUT2D eigenvalue weighted by Gasteiger charge is -2.19. The summed E-state index contributed by atoms with van der Waals surface area (Å²) in [5.41, 5.74) is 7.59. The third kappa shape index (κ3) is 3.95. The second-order valence-corrected chi connectivity index (χ2v) is 6.01. The van der Waals surface area contributed by atoms with Crippen LogP contribution >= 0.6 is 0 Å². The molecule has 4 heteroatoms. The molecule has 0 saturated heterocycles. The van der Waals surface area contributed by atoms with Crippen molar-refractivity contribution in [3.8, 4) is 5.75 Å². The zero-order valence-corrected chi connectivity index (χ0v) is 12.7. The van der Waals surface area contributed by atoms with E-state index in [0.29, 0.717) is 12.4 Å². The normalized spacial score (nSPS) is 11.4. The van der Waals surface area contributed by atoms with Gasteiger partial charge in [0.25, 0.3) is 0 Å². The van der Waals surface area contributed by atoms with Gasteiger partial charge < -0.3 is 14.9 Å². The smallest absolute Gasteiger partial charge is 0.227 e. The van der Waals surface area contributed by atoms with E-state index in [1.165, 1.54) is 17.9 Å². The SMILES string of the molecule is CC(C)(C)c1ccc(COc2coc(CN)cc2=O)cc1. The Morgan fingerprint density at radius 3 is 2.38 bits per heavy atom. The molecule has 0 aliphatic carbocycles. The standard InChI is InChI=1S/C17H21NO3/c1-17(2,3)13-6-4-12(5-7-13)10-21-16-11-20-14(9-18)8-15(16)19/h4-8,11H,9-10,18H2,1-3H3. The molecule has 0 bridgehead atoms. The van der Waals surface area contributed by atoms with Gasteiger partial charge in [-0.2, -0.15) is 0 Å². The predicted molar refractivity (Wildman–Crippen MR) is 82.3 cm³/mol. The van der Waals surface area contributed by atoms with Gasteiger partial charge in [0.15, 0.2) is 0 Å². The van der Waals surface area contributed by atoms with E-state index < -0.39 is 0 Å². The molecule has 0 radical (unpaired) electrons. The highest BCUT2D eigenvalue weighted by Crippen LogP contribution is 2.22. The highest BCUT2D eigenvalue weighted by atomic mass is 16.5. The molecule has 1 aromatic carbocycles. The van der Waals surface area contributed by atoms with E-state index in [9.17, 15) is 4.79 Å². The number of rotatable bonds is 4. The van der Waals surface area contributed by atoms with E-state index in [1.54, 1.807) is 0 Å². The van der Waals surface area contributed by atoms with E-state index in [1.807, 2.05) is 12.1 Å². The molecule has 0 fully saturated rings. The molecule has 1 aromatic heterocycles. The number of nitrogens with two attached hydrogens (primary N) is 1. The molecule has 0 saturated carbocycles. The van der Waals surface area contributed by atoms with Crippen LogP contribution in [0.1, 0.15) is 37.7 Å². The topological polar surface area (TPSA) is 65.5 Å². The Kier molecular flexibility index (Phi) is 4.48. The predicted octanol–water partition coefficient (Wildman–Crippen LogP) is 2.98. The molecule has 2 aromatic rings. The van der Waals surface area contributed by atoms with Crippen LogP contribution in [0.5, 0.6) is 5.75 Å². The molecule has 2 N–H and O–H groups in total. The molecule has 4 nitrogen and oxygen atoms in total.